The van der Waals surface area contributed by atoms with Crippen molar-refractivity contribution in [3.05, 3.63) is 11.6 Å². The summed E-state index contributed by atoms with van der Waals surface area (Å²) in [5.74, 6) is 4.15. The Balaban J connectivity index is 1.94. The van der Waals surface area contributed by atoms with Crippen LogP contribution in [-0.4, -0.2) is 20.8 Å². The van der Waals surface area contributed by atoms with Crippen LogP contribution in [0.5, 0.6) is 0 Å². The highest BCUT2D eigenvalue weighted by molar-refractivity contribution is 5.14. The van der Waals surface area contributed by atoms with Crippen LogP contribution < -0.4 is 5.73 Å². The molecule has 0 aromatic carbocycles. The number of nitrogens with zero attached hydrogens (tertiary/aromatic N) is 3. The van der Waals surface area contributed by atoms with E-state index in [2.05, 4.69) is 21.7 Å². The minimum absolute atomic E-state index is 0.313. The van der Waals surface area contributed by atoms with E-state index in [9.17, 15) is 0 Å². The van der Waals surface area contributed by atoms with Crippen molar-refractivity contribution in [1.29, 1.82) is 0 Å². The molecule has 2 bridgehead atoms. The van der Waals surface area contributed by atoms with Gasteiger partial charge in [-0.2, -0.15) is 0 Å². The van der Waals surface area contributed by atoms with Gasteiger partial charge in [0.25, 0.3) is 0 Å². The van der Waals surface area contributed by atoms with Gasteiger partial charge in [-0.3, -0.25) is 0 Å². The fourth-order valence-electron chi connectivity index (χ4n) is 3.86. The molecule has 1 heterocycles. The largest absolute Gasteiger partial charge is 0.327 e. The topological polar surface area (TPSA) is 56.7 Å². The Bertz CT molecular complexity index is 410. The van der Waals surface area contributed by atoms with Crippen LogP contribution in [0.4, 0.5) is 0 Å². The highest BCUT2D eigenvalue weighted by atomic mass is 15.3. The zero-order valence-corrected chi connectivity index (χ0v) is 10.8. The van der Waals surface area contributed by atoms with Crippen LogP contribution in [0.25, 0.3) is 0 Å². The van der Waals surface area contributed by atoms with E-state index in [0.29, 0.717) is 12.0 Å². The van der Waals surface area contributed by atoms with Crippen LogP contribution in [0.2, 0.25) is 0 Å². The summed E-state index contributed by atoms with van der Waals surface area (Å²) in [7, 11) is 0. The van der Waals surface area contributed by atoms with Gasteiger partial charge in [0.15, 0.2) is 0 Å². The van der Waals surface area contributed by atoms with Crippen molar-refractivity contribution < 1.29 is 0 Å². The molecule has 0 amide bonds. The first-order valence-electron chi connectivity index (χ1n) is 6.87. The van der Waals surface area contributed by atoms with Gasteiger partial charge in [-0.1, -0.05) is 6.92 Å². The van der Waals surface area contributed by atoms with Gasteiger partial charge < -0.3 is 10.3 Å². The van der Waals surface area contributed by atoms with E-state index in [0.717, 1.165) is 36.5 Å². The van der Waals surface area contributed by atoms with E-state index in [4.69, 9.17) is 5.73 Å². The monoisotopic (exact) mass is 234 g/mol. The van der Waals surface area contributed by atoms with Crippen LogP contribution in [0.1, 0.15) is 50.2 Å². The Labute approximate surface area is 103 Å². The molecule has 1 aromatic rings. The number of fused-ring (bicyclic) bond motifs is 2. The third-order valence-electron chi connectivity index (χ3n) is 4.69. The molecule has 0 spiro atoms. The molecule has 2 aliphatic rings. The first kappa shape index (κ1) is 11.2. The molecule has 0 radical (unpaired) electrons. The van der Waals surface area contributed by atoms with Crippen molar-refractivity contribution in [2.24, 2.45) is 17.6 Å². The first-order valence-corrected chi connectivity index (χ1v) is 6.87. The molecular formula is C13H22N4. The average Bonchev–Trinajstić information content (AvgIpc) is 2.97. The minimum Gasteiger partial charge on any atom is -0.327 e. The Morgan fingerprint density at radius 3 is 2.71 bits per heavy atom. The zero-order chi connectivity index (χ0) is 12.0. The Hall–Kier alpha value is -0.900. The summed E-state index contributed by atoms with van der Waals surface area (Å²) in [6.45, 7) is 5.27. The molecule has 17 heavy (non-hydrogen) atoms. The summed E-state index contributed by atoms with van der Waals surface area (Å²) in [5, 5.41) is 8.67. The lowest BCUT2D eigenvalue weighted by Gasteiger charge is -2.27. The first-order chi connectivity index (χ1) is 8.22. The van der Waals surface area contributed by atoms with E-state index >= 15 is 0 Å². The molecule has 2 fully saturated rings. The van der Waals surface area contributed by atoms with Crippen molar-refractivity contribution in [3.8, 4) is 0 Å². The van der Waals surface area contributed by atoms with Crippen molar-refractivity contribution in [2.75, 3.05) is 0 Å². The minimum atomic E-state index is 0.313. The molecule has 4 nitrogen and oxygen atoms in total. The molecule has 94 valence electrons. The second kappa shape index (κ2) is 4.09. The molecule has 4 atom stereocenters. The third-order valence-corrected chi connectivity index (χ3v) is 4.69. The number of rotatable bonds is 3. The third kappa shape index (κ3) is 1.61. The number of aryl methyl sites for hydroxylation is 1. The van der Waals surface area contributed by atoms with Crippen molar-refractivity contribution in [1.82, 2.24) is 14.8 Å². The van der Waals surface area contributed by atoms with Gasteiger partial charge in [0.05, 0.1) is 0 Å². The summed E-state index contributed by atoms with van der Waals surface area (Å²) < 4.78 is 2.28. The van der Waals surface area contributed by atoms with Crippen LogP contribution in [0.3, 0.4) is 0 Å². The van der Waals surface area contributed by atoms with E-state index in [1.807, 2.05) is 6.92 Å². The lowest BCUT2D eigenvalue weighted by molar-refractivity contribution is 0.344. The van der Waals surface area contributed by atoms with Gasteiger partial charge in [-0.05, 0) is 44.4 Å². The maximum atomic E-state index is 6.39. The fourth-order valence-corrected chi connectivity index (χ4v) is 3.86. The van der Waals surface area contributed by atoms with Gasteiger partial charge in [-0.15, -0.1) is 10.2 Å². The number of hydrogen-bond donors (Lipinski definition) is 1. The fraction of sp³-hybridized carbons (Fsp3) is 0.846. The summed E-state index contributed by atoms with van der Waals surface area (Å²) in [6, 6.07) is 0.313. The summed E-state index contributed by atoms with van der Waals surface area (Å²) in [5.41, 5.74) is 6.39. The van der Waals surface area contributed by atoms with Crippen LogP contribution in [-0.2, 0) is 6.54 Å². The lowest BCUT2D eigenvalue weighted by Crippen LogP contribution is -2.35. The Morgan fingerprint density at radius 2 is 2.06 bits per heavy atom. The number of aromatic nitrogens is 3. The van der Waals surface area contributed by atoms with Crippen molar-refractivity contribution in [3.63, 3.8) is 0 Å². The van der Waals surface area contributed by atoms with Gasteiger partial charge in [0.2, 0.25) is 0 Å². The van der Waals surface area contributed by atoms with Crippen molar-refractivity contribution >= 4 is 0 Å². The average molecular weight is 234 g/mol. The molecule has 3 rings (SSSR count). The van der Waals surface area contributed by atoms with E-state index in [-0.39, 0.29) is 0 Å². The normalized spacial score (nSPS) is 35.7. The van der Waals surface area contributed by atoms with E-state index < -0.39 is 0 Å². The van der Waals surface area contributed by atoms with Gasteiger partial charge in [0, 0.05) is 18.5 Å². The number of hydrogen-bond acceptors (Lipinski definition) is 3. The molecule has 2 N–H and O–H groups in total. The van der Waals surface area contributed by atoms with Crippen LogP contribution in [0.15, 0.2) is 0 Å². The maximum absolute atomic E-state index is 6.39. The highest BCUT2D eigenvalue weighted by Gasteiger charge is 2.48. The summed E-state index contributed by atoms with van der Waals surface area (Å²) in [4.78, 5) is 0. The number of nitrogens with two attached hydrogens (primary N) is 1. The smallest absolute Gasteiger partial charge is 0.137 e. The SMILES string of the molecule is CCCn1c(C)nnc1C1C2CCC(C2)C1N. The Morgan fingerprint density at radius 1 is 1.29 bits per heavy atom. The highest BCUT2D eigenvalue weighted by Crippen LogP contribution is 2.51. The summed E-state index contributed by atoms with van der Waals surface area (Å²) in [6.07, 6.45) is 5.09. The van der Waals surface area contributed by atoms with E-state index in [1.54, 1.807) is 0 Å². The molecule has 1 aromatic heterocycles. The van der Waals surface area contributed by atoms with Crippen LogP contribution in [0, 0.1) is 18.8 Å². The van der Waals surface area contributed by atoms with Gasteiger partial charge >= 0.3 is 0 Å². The molecule has 0 aliphatic heterocycles. The van der Waals surface area contributed by atoms with E-state index in [1.165, 1.54) is 19.3 Å². The molecule has 4 unspecified atom stereocenters. The molecular weight excluding hydrogens is 212 g/mol. The van der Waals surface area contributed by atoms with Gasteiger partial charge in [0.1, 0.15) is 11.6 Å². The lowest BCUT2D eigenvalue weighted by atomic mass is 9.84. The molecule has 4 heteroatoms. The second-order valence-corrected chi connectivity index (χ2v) is 5.69. The maximum Gasteiger partial charge on any atom is 0.137 e. The summed E-state index contributed by atoms with van der Waals surface area (Å²) >= 11 is 0. The van der Waals surface area contributed by atoms with Crippen molar-refractivity contribution in [2.45, 2.75) is 58.0 Å². The second-order valence-electron chi connectivity index (χ2n) is 5.69. The standard InChI is InChI=1S/C13H22N4/c1-3-6-17-8(2)15-16-13(17)11-9-4-5-10(7-9)12(11)14/h9-12H,3-7,14H2,1-2H3. The predicted octanol–water partition coefficient (Wildman–Crippen LogP) is 1.84. The van der Waals surface area contributed by atoms with Gasteiger partial charge in [-0.25, -0.2) is 0 Å². The Kier molecular flexibility index (Phi) is 2.69. The quantitative estimate of drug-likeness (QED) is 0.868. The zero-order valence-electron chi connectivity index (χ0n) is 10.8. The van der Waals surface area contributed by atoms with Crippen LogP contribution >= 0.6 is 0 Å². The molecule has 2 saturated carbocycles. The molecule has 0 saturated heterocycles. The molecule has 2 aliphatic carbocycles. The predicted molar refractivity (Wildman–Crippen MR) is 66.6 cm³/mol.